The second-order valence-corrected chi connectivity index (χ2v) is 6.86. The van der Waals surface area contributed by atoms with Crippen molar-refractivity contribution >= 4 is 9.84 Å². The summed E-state index contributed by atoms with van der Waals surface area (Å²) in [5.74, 6) is 0.881. The average molecular weight is 285 g/mol. The highest BCUT2D eigenvalue weighted by Crippen LogP contribution is 2.17. The highest BCUT2D eigenvalue weighted by Gasteiger charge is 2.12. The fourth-order valence-electron chi connectivity index (χ4n) is 1.65. The molecule has 0 aliphatic carbocycles. The lowest BCUT2D eigenvalue weighted by Gasteiger charge is -2.10. The monoisotopic (exact) mass is 285 g/mol. The zero-order valence-electron chi connectivity index (χ0n) is 11.8. The first-order valence-corrected chi connectivity index (χ1v) is 8.30. The third-order valence-corrected chi connectivity index (χ3v) is 4.52. The molecular formula is C14H23NO3S. The molecule has 0 fully saturated rings. The smallest absolute Gasteiger partial charge is 0.178 e. The van der Waals surface area contributed by atoms with Crippen LogP contribution in [0.2, 0.25) is 0 Å². The van der Waals surface area contributed by atoms with Crippen molar-refractivity contribution in [3.63, 3.8) is 0 Å². The van der Waals surface area contributed by atoms with Gasteiger partial charge in [-0.15, -0.1) is 0 Å². The lowest BCUT2D eigenvalue weighted by atomic mass is 10.3. The van der Waals surface area contributed by atoms with Gasteiger partial charge in [0.2, 0.25) is 0 Å². The summed E-state index contributed by atoms with van der Waals surface area (Å²) >= 11 is 0. The van der Waals surface area contributed by atoms with E-state index >= 15 is 0 Å². The molecule has 0 heterocycles. The Morgan fingerprint density at radius 1 is 1.21 bits per heavy atom. The molecule has 0 saturated carbocycles. The maximum atomic E-state index is 11.8. The van der Waals surface area contributed by atoms with Crippen molar-refractivity contribution in [1.29, 1.82) is 0 Å². The van der Waals surface area contributed by atoms with Gasteiger partial charge in [0.25, 0.3) is 0 Å². The summed E-state index contributed by atoms with van der Waals surface area (Å²) in [5.41, 5.74) is 0. The zero-order chi connectivity index (χ0) is 14.3. The first-order chi connectivity index (χ1) is 8.95. The molecule has 1 aromatic rings. The SMILES string of the molecule is CCCS(=O)(=O)c1ccc(OCCNC(C)C)cc1. The molecule has 0 atom stereocenters. The van der Waals surface area contributed by atoms with E-state index in [0.717, 1.165) is 6.54 Å². The molecule has 19 heavy (non-hydrogen) atoms. The molecule has 0 bridgehead atoms. The average Bonchev–Trinajstić information content (AvgIpc) is 2.35. The first-order valence-electron chi connectivity index (χ1n) is 6.64. The number of sulfone groups is 1. The highest BCUT2D eigenvalue weighted by atomic mass is 32.2. The highest BCUT2D eigenvalue weighted by molar-refractivity contribution is 7.91. The first kappa shape index (κ1) is 16.0. The lowest BCUT2D eigenvalue weighted by molar-refractivity contribution is 0.308. The van der Waals surface area contributed by atoms with Gasteiger partial charge < -0.3 is 10.1 Å². The van der Waals surface area contributed by atoms with Gasteiger partial charge >= 0.3 is 0 Å². The van der Waals surface area contributed by atoms with E-state index in [1.807, 2.05) is 6.92 Å². The summed E-state index contributed by atoms with van der Waals surface area (Å²) in [4.78, 5) is 0.363. The van der Waals surface area contributed by atoms with Crippen LogP contribution in [0.1, 0.15) is 27.2 Å². The maximum absolute atomic E-state index is 11.8. The molecule has 1 aromatic carbocycles. The Kier molecular flexibility index (Phi) is 6.31. The number of hydrogen-bond acceptors (Lipinski definition) is 4. The minimum atomic E-state index is -3.13. The van der Waals surface area contributed by atoms with Gasteiger partial charge in [0.15, 0.2) is 9.84 Å². The molecule has 0 spiro atoms. The van der Waals surface area contributed by atoms with Crippen molar-refractivity contribution in [3.05, 3.63) is 24.3 Å². The summed E-state index contributed by atoms with van der Waals surface area (Å²) < 4.78 is 29.2. The number of ether oxygens (including phenoxy) is 1. The molecule has 0 aliphatic heterocycles. The Hall–Kier alpha value is -1.07. The number of benzene rings is 1. The van der Waals surface area contributed by atoms with Crippen LogP contribution in [0.15, 0.2) is 29.2 Å². The van der Waals surface area contributed by atoms with Crippen molar-refractivity contribution in [2.45, 2.75) is 38.1 Å². The molecule has 4 nitrogen and oxygen atoms in total. The molecule has 0 radical (unpaired) electrons. The van der Waals surface area contributed by atoms with Gasteiger partial charge in [0.1, 0.15) is 12.4 Å². The van der Waals surface area contributed by atoms with Crippen molar-refractivity contribution in [2.24, 2.45) is 0 Å². The van der Waals surface area contributed by atoms with Crippen molar-refractivity contribution in [2.75, 3.05) is 18.9 Å². The van der Waals surface area contributed by atoms with E-state index < -0.39 is 9.84 Å². The van der Waals surface area contributed by atoms with E-state index in [-0.39, 0.29) is 5.75 Å². The zero-order valence-corrected chi connectivity index (χ0v) is 12.7. The Morgan fingerprint density at radius 3 is 2.37 bits per heavy atom. The van der Waals surface area contributed by atoms with Gasteiger partial charge in [0, 0.05) is 12.6 Å². The Morgan fingerprint density at radius 2 is 1.84 bits per heavy atom. The summed E-state index contributed by atoms with van der Waals surface area (Å²) in [6.45, 7) is 7.35. The summed E-state index contributed by atoms with van der Waals surface area (Å²) in [7, 11) is -3.13. The number of nitrogens with one attached hydrogen (secondary N) is 1. The fourth-order valence-corrected chi connectivity index (χ4v) is 2.97. The predicted octanol–water partition coefficient (Wildman–Crippen LogP) is 2.25. The number of hydrogen-bond donors (Lipinski definition) is 1. The van der Waals surface area contributed by atoms with Crippen LogP contribution in [0.3, 0.4) is 0 Å². The van der Waals surface area contributed by atoms with E-state index in [2.05, 4.69) is 19.2 Å². The van der Waals surface area contributed by atoms with E-state index in [9.17, 15) is 8.42 Å². The van der Waals surface area contributed by atoms with Crippen LogP contribution in [-0.2, 0) is 9.84 Å². The van der Waals surface area contributed by atoms with Crippen LogP contribution in [-0.4, -0.2) is 33.4 Å². The molecule has 0 unspecified atom stereocenters. The molecule has 108 valence electrons. The topological polar surface area (TPSA) is 55.4 Å². The van der Waals surface area contributed by atoms with Gasteiger partial charge in [-0.2, -0.15) is 0 Å². The Labute approximate surface area is 116 Å². The molecule has 1 N–H and O–H groups in total. The van der Waals surface area contributed by atoms with Crippen molar-refractivity contribution in [3.8, 4) is 5.75 Å². The van der Waals surface area contributed by atoms with Crippen LogP contribution in [0.25, 0.3) is 0 Å². The maximum Gasteiger partial charge on any atom is 0.178 e. The van der Waals surface area contributed by atoms with Crippen LogP contribution < -0.4 is 10.1 Å². The molecule has 1 rings (SSSR count). The lowest BCUT2D eigenvalue weighted by Crippen LogP contribution is -2.27. The number of rotatable bonds is 8. The van der Waals surface area contributed by atoms with Gasteiger partial charge in [-0.25, -0.2) is 8.42 Å². The molecule has 0 saturated heterocycles. The van der Waals surface area contributed by atoms with Gasteiger partial charge in [-0.05, 0) is 30.7 Å². The van der Waals surface area contributed by atoms with Crippen molar-refractivity contribution < 1.29 is 13.2 Å². The molecule has 5 heteroatoms. The second kappa shape index (κ2) is 7.50. The fraction of sp³-hybridized carbons (Fsp3) is 0.571. The standard InChI is InChI=1S/C14H23NO3S/c1-4-11-19(16,17)14-7-5-13(6-8-14)18-10-9-15-12(2)3/h5-8,12,15H,4,9-11H2,1-3H3. The van der Waals surface area contributed by atoms with Crippen LogP contribution in [0.5, 0.6) is 5.75 Å². The molecule has 0 aliphatic rings. The Bertz CT molecular complexity index is 466. The Balaban J connectivity index is 2.52. The van der Waals surface area contributed by atoms with Gasteiger partial charge in [-0.3, -0.25) is 0 Å². The van der Waals surface area contributed by atoms with Crippen LogP contribution in [0, 0.1) is 0 Å². The second-order valence-electron chi connectivity index (χ2n) is 4.75. The normalized spacial score (nSPS) is 11.8. The van der Waals surface area contributed by atoms with Gasteiger partial charge in [-0.1, -0.05) is 20.8 Å². The van der Waals surface area contributed by atoms with Crippen LogP contribution in [0.4, 0.5) is 0 Å². The quantitative estimate of drug-likeness (QED) is 0.744. The third kappa shape index (κ3) is 5.61. The summed E-state index contributed by atoms with van der Waals surface area (Å²) in [5, 5.41) is 3.25. The summed E-state index contributed by atoms with van der Waals surface area (Å²) in [6, 6.07) is 7.06. The van der Waals surface area contributed by atoms with Crippen LogP contribution >= 0.6 is 0 Å². The molecule has 0 amide bonds. The van der Waals surface area contributed by atoms with E-state index in [1.54, 1.807) is 24.3 Å². The summed E-state index contributed by atoms with van der Waals surface area (Å²) in [6.07, 6.45) is 0.626. The third-order valence-electron chi connectivity index (χ3n) is 2.58. The minimum Gasteiger partial charge on any atom is -0.492 e. The molecule has 0 aromatic heterocycles. The largest absolute Gasteiger partial charge is 0.492 e. The van der Waals surface area contributed by atoms with E-state index in [1.165, 1.54) is 0 Å². The molecular weight excluding hydrogens is 262 g/mol. The van der Waals surface area contributed by atoms with E-state index in [0.29, 0.717) is 29.7 Å². The minimum absolute atomic E-state index is 0.186. The van der Waals surface area contributed by atoms with E-state index in [4.69, 9.17) is 4.74 Å². The van der Waals surface area contributed by atoms with Crippen molar-refractivity contribution in [1.82, 2.24) is 5.32 Å². The predicted molar refractivity (Wildman–Crippen MR) is 77.4 cm³/mol. The van der Waals surface area contributed by atoms with Gasteiger partial charge in [0.05, 0.1) is 10.6 Å².